The molecule has 3 heteroatoms. The minimum atomic E-state index is -0.618. The predicted octanol–water partition coefficient (Wildman–Crippen LogP) is 3.65. The Hall–Kier alpha value is -1.09. The van der Waals surface area contributed by atoms with Gasteiger partial charge in [0.15, 0.2) is 0 Å². The van der Waals surface area contributed by atoms with Gasteiger partial charge in [0, 0.05) is 18.2 Å². The summed E-state index contributed by atoms with van der Waals surface area (Å²) in [5.74, 6) is 0.529. The molecule has 3 atom stereocenters. The molecule has 1 aromatic carbocycles. The summed E-state index contributed by atoms with van der Waals surface area (Å²) in [5, 5.41) is 9.91. The summed E-state index contributed by atoms with van der Waals surface area (Å²) in [5.41, 5.74) is 1.38. The van der Waals surface area contributed by atoms with Gasteiger partial charge in [-0.25, -0.2) is 4.39 Å². The van der Waals surface area contributed by atoms with Crippen LogP contribution in [0.4, 0.5) is 10.1 Å². The third-order valence-corrected chi connectivity index (χ3v) is 4.75. The third kappa shape index (κ3) is 2.25. The Labute approximate surface area is 114 Å². The number of nitrogens with zero attached hydrogens (tertiary/aromatic N) is 1. The maximum atomic E-state index is 14.3. The van der Waals surface area contributed by atoms with E-state index in [1.54, 1.807) is 13.0 Å². The first kappa shape index (κ1) is 12.9. The SMILES string of the molecule is CC(O)c1cccc(F)c1N1CCCC2CCCC21. The van der Waals surface area contributed by atoms with Crippen LogP contribution in [0.3, 0.4) is 0 Å². The maximum Gasteiger partial charge on any atom is 0.146 e. The largest absolute Gasteiger partial charge is 0.389 e. The number of hydrogen-bond donors (Lipinski definition) is 1. The van der Waals surface area contributed by atoms with Crippen LogP contribution < -0.4 is 4.90 Å². The maximum absolute atomic E-state index is 14.3. The highest BCUT2D eigenvalue weighted by molar-refractivity contribution is 5.57. The van der Waals surface area contributed by atoms with E-state index >= 15 is 0 Å². The van der Waals surface area contributed by atoms with Crippen molar-refractivity contribution in [3.05, 3.63) is 29.6 Å². The zero-order valence-electron chi connectivity index (χ0n) is 11.5. The van der Waals surface area contributed by atoms with Gasteiger partial charge in [0.1, 0.15) is 5.82 Å². The summed E-state index contributed by atoms with van der Waals surface area (Å²) in [6.07, 6.45) is 5.49. The third-order valence-electron chi connectivity index (χ3n) is 4.75. The second kappa shape index (κ2) is 5.12. The molecular weight excluding hydrogens is 241 g/mol. The van der Waals surface area contributed by atoms with Gasteiger partial charge in [-0.05, 0) is 44.6 Å². The molecule has 0 bridgehead atoms. The van der Waals surface area contributed by atoms with Crippen molar-refractivity contribution in [2.45, 2.75) is 51.2 Å². The molecule has 2 aliphatic rings. The van der Waals surface area contributed by atoms with E-state index in [2.05, 4.69) is 4.90 Å². The molecular formula is C16H22FNO. The van der Waals surface area contributed by atoms with Crippen LogP contribution in [0.5, 0.6) is 0 Å². The van der Waals surface area contributed by atoms with Crippen LogP contribution >= 0.6 is 0 Å². The molecule has 104 valence electrons. The Morgan fingerprint density at radius 3 is 2.84 bits per heavy atom. The fourth-order valence-electron chi connectivity index (χ4n) is 3.90. The van der Waals surface area contributed by atoms with E-state index in [1.165, 1.54) is 25.3 Å². The van der Waals surface area contributed by atoms with Gasteiger partial charge in [0.25, 0.3) is 0 Å². The molecule has 1 saturated carbocycles. The Morgan fingerprint density at radius 2 is 2.05 bits per heavy atom. The van der Waals surface area contributed by atoms with Crippen molar-refractivity contribution in [1.82, 2.24) is 0 Å². The highest BCUT2D eigenvalue weighted by Gasteiger charge is 2.37. The number of aliphatic hydroxyl groups excluding tert-OH is 1. The van der Waals surface area contributed by atoms with Crippen LogP contribution in [-0.2, 0) is 0 Å². The Bertz CT molecular complexity index is 460. The standard InChI is InChI=1S/C16H22FNO/c1-11(19)13-7-3-8-14(17)16(13)18-10-4-6-12-5-2-9-15(12)18/h3,7-8,11-12,15,19H,2,4-6,9-10H2,1H3. The lowest BCUT2D eigenvalue weighted by Gasteiger charge is -2.40. The second-order valence-corrected chi connectivity index (χ2v) is 5.95. The summed E-state index contributed by atoms with van der Waals surface area (Å²) < 4.78 is 14.3. The summed E-state index contributed by atoms with van der Waals surface area (Å²) in [6.45, 7) is 2.64. The van der Waals surface area contributed by atoms with Crippen LogP contribution in [0.1, 0.15) is 50.7 Å². The van der Waals surface area contributed by atoms with Gasteiger partial charge >= 0.3 is 0 Å². The van der Waals surface area contributed by atoms with Crippen molar-refractivity contribution >= 4 is 5.69 Å². The molecule has 0 amide bonds. The van der Waals surface area contributed by atoms with Crippen LogP contribution in [0.2, 0.25) is 0 Å². The molecule has 0 spiro atoms. The molecule has 1 N–H and O–H groups in total. The number of hydrogen-bond acceptors (Lipinski definition) is 2. The van der Waals surface area contributed by atoms with Crippen molar-refractivity contribution < 1.29 is 9.50 Å². The monoisotopic (exact) mass is 263 g/mol. The minimum Gasteiger partial charge on any atom is -0.389 e. The average Bonchev–Trinajstić information content (AvgIpc) is 2.86. The topological polar surface area (TPSA) is 23.5 Å². The number of anilines is 1. The normalized spacial score (nSPS) is 28.3. The summed E-state index contributed by atoms with van der Waals surface area (Å²) in [7, 11) is 0. The number of para-hydroxylation sites is 1. The number of halogens is 1. The zero-order chi connectivity index (χ0) is 13.4. The van der Waals surface area contributed by atoms with Crippen molar-refractivity contribution in [2.75, 3.05) is 11.4 Å². The van der Waals surface area contributed by atoms with Crippen molar-refractivity contribution in [1.29, 1.82) is 0 Å². The van der Waals surface area contributed by atoms with E-state index < -0.39 is 6.10 Å². The van der Waals surface area contributed by atoms with Gasteiger partial charge in [0.05, 0.1) is 11.8 Å². The molecule has 1 aliphatic carbocycles. The number of aliphatic hydroxyl groups is 1. The van der Waals surface area contributed by atoms with Gasteiger partial charge in [-0.3, -0.25) is 0 Å². The smallest absolute Gasteiger partial charge is 0.146 e. The van der Waals surface area contributed by atoms with Crippen molar-refractivity contribution in [2.24, 2.45) is 5.92 Å². The van der Waals surface area contributed by atoms with Gasteiger partial charge in [-0.2, -0.15) is 0 Å². The molecule has 19 heavy (non-hydrogen) atoms. The first-order chi connectivity index (χ1) is 9.18. The van der Waals surface area contributed by atoms with E-state index in [-0.39, 0.29) is 5.82 Å². The molecule has 1 aliphatic heterocycles. The second-order valence-electron chi connectivity index (χ2n) is 5.95. The lowest BCUT2D eigenvalue weighted by atomic mass is 9.90. The van der Waals surface area contributed by atoms with Crippen molar-refractivity contribution in [3.8, 4) is 0 Å². The molecule has 1 heterocycles. The molecule has 2 fully saturated rings. The van der Waals surface area contributed by atoms with E-state index in [1.807, 2.05) is 6.07 Å². The number of piperidine rings is 1. The fourth-order valence-corrected chi connectivity index (χ4v) is 3.90. The lowest BCUT2D eigenvalue weighted by Crippen LogP contribution is -2.43. The first-order valence-electron chi connectivity index (χ1n) is 7.41. The highest BCUT2D eigenvalue weighted by Crippen LogP contribution is 2.41. The molecule has 3 unspecified atom stereocenters. The summed E-state index contributed by atoms with van der Waals surface area (Å²) >= 11 is 0. The van der Waals surface area contributed by atoms with Gasteiger partial charge in [-0.1, -0.05) is 18.6 Å². The first-order valence-corrected chi connectivity index (χ1v) is 7.41. The number of fused-ring (bicyclic) bond motifs is 1. The Morgan fingerprint density at radius 1 is 1.26 bits per heavy atom. The van der Waals surface area contributed by atoms with Gasteiger partial charge in [0.2, 0.25) is 0 Å². The molecule has 0 radical (unpaired) electrons. The molecule has 2 nitrogen and oxygen atoms in total. The molecule has 1 aromatic rings. The van der Waals surface area contributed by atoms with Crippen LogP contribution in [0, 0.1) is 11.7 Å². The van der Waals surface area contributed by atoms with Crippen molar-refractivity contribution in [3.63, 3.8) is 0 Å². The number of benzene rings is 1. The van der Waals surface area contributed by atoms with Crippen LogP contribution in [-0.4, -0.2) is 17.7 Å². The fraction of sp³-hybridized carbons (Fsp3) is 0.625. The van der Waals surface area contributed by atoms with Gasteiger partial charge in [-0.15, -0.1) is 0 Å². The van der Waals surface area contributed by atoms with E-state index in [9.17, 15) is 9.50 Å². The summed E-state index contributed by atoms with van der Waals surface area (Å²) in [4.78, 5) is 2.23. The van der Waals surface area contributed by atoms with E-state index in [4.69, 9.17) is 0 Å². The molecule has 3 rings (SSSR count). The highest BCUT2D eigenvalue weighted by atomic mass is 19.1. The average molecular weight is 263 g/mol. The molecule has 1 saturated heterocycles. The quantitative estimate of drug-likeness (QED) is 0.880. The zero-order valence-corrected chi connectivity index (χ0v) is 11.5. The Balaban J connectivity index is 2.00. The van der Waals surface area contributed by atoms with Crippen LogP contribution in [0.25, 0.3) is 0 Å². The Kier molecular flexibility index (Phi) is 3.48. The van der Waals surface area contributed by atoms with E-state index in [0.29, 0.717) is 11.7 Å². The predicted molar refractivity (Wildman–Crippen MR) is 74.7 cm³/mol. The van der Waals surface area contributed by atoms with Crippen LogP contribution in [0.15, 0.2) is 18.2 Å². The summed E-state index contributed by atoms with van der Waals surface area (Å²) in [6, 6.07) is 5.53. The number of rotatable bonds is 2. The molecule has 0 aromatic heterocycles. The van der Waals surface area contributed by atoms with E-state index in [0.717, 1.165) is 30.9 Å². The van der Waals surface area contributed by atoms with Gasteiger partial charge < -0.3 is 10.0 Å². The lowest BCUT2D eigenvalue weighted by molar-refractivity contribution is 0.198. The minimum absolute atomic E-state index is 0.189.